The first-order valence-electron chi connectivity index (χ1n) is 6.08. The molecule has 0 bridgehead atoms. The summed E-state index contributed by atoms with van der Waals surface area (Å²) in [6.45, 7) is 6.21. The summed E-state index contributed by atoms with van der Waals surface area (Å²) in [5, 5.41) is 6.54. The summed E-state index contributed by atoms with van der Waals surface area (Å²) in [5.41, 5.74) is -0.0329. The molecule has 0 aromatic carbocycles. The molecular weight excluding hydrogens is 188 g/mol. The van der Waals surface area contributed by atoms with Crippen molar-refractivity contribution in [2.24, 2.45) is 5.41 Å². The molecule has 3 heteroatoms. The zero-order valence-corrected chi connectivity index (χ0v) is 9.86. The Labute approximate surface area is 92.0 Å². The van der Waals surface area contributed by atoms with E-state index in [2.05, 4.69) is 24.5 Å². The predicted octanol–water partition coefficient (Wildman–Crippen LogP) is 1.43. The average Bonchev–Trinajstić information content (AvgIpc) is 2.16. The summed E-state index contributed by atoms with van der Waals surface area (Å²) >= 11 is 0. The fraction of sp³-hybridized carbons (Fsp3) is 0.917. The van der Waals surface area contributed by atoms with Crippen molar-refractivity contribution in [3.8, 4) is 0 Å². The van der Waals surface area contributed by atoms with E-state index >= 15 is 0 Å². The van der Waals surface area contributed by atoms with E-state index in [1.165, 1.54) is 6.42 Å². The van der Waals surface area contributed by atoms with Crippen LogP contribution < -0.4 is 10.6 Å². The second-order valence-corrected chi connectivity index (χ2v) is 5.68. The van der Waals surface area contributed by atoms with Crippen LogP contribution in [0.4, 0.5) is 0 Å². The lowest BCUT2D eigenvalue weighted by atomic mass is 9.75. The molecule has 1 amide bonds. The van der Waals surface area contributed by atoms with Crippen molar-refractivity contribution in [2.45, 2.75) is 51.5 Å². The van der Waals surface area contributed by atoms with Gasteiger partial charge in [0.05, 0.1) is 0 Å². The van der Waals surface area contributed by atoms with Gasteiger partial charge in [0.2, 0.25) is 5.91 Å². The van der Waals surface area contributed by atoms with Crippen LogP contribution in [0.3, 0.4) is 0 Å². The second kappa shape index (κ2) is 3.78. The van der Waals surface area contributed by atoms with Gasteiger partial charge in [-0.3, -0.25) is 4.79 Å². The summed E-state index contributed by atoms with van der Waals surface area (Å²) in [6.07, 6.45) is 5.49. The first-order chi connectivity index (χ1) is 7.04. The highest BCUT2D eigenvalue weighted by atomic mass is 16.2. The van der Waals surface area contributed by atoms with Crippen LogP contribution in [0.15, 0.2) is 0 Å². The Hall–Kier alpha value is -0.570. The van der Waals surface area contributed by atoms with E-state index in [-0.39, 0.29) is 16.9 Å². The maximum Gasteiger partial charge on any atom is 0.226 e. The lowest BCUT2D eigenvalue weighted by Gasteiger charge is -2.43. The molecule has 3 nitrogen and oxygen atoms in total. The third kappa shape index (κ3) is 2.17. The minimum Gasteiger partial charge on any atom is -0.350 e. The Balaban J connectivity index is 1.94. The SMILES string of the molecule is CC1(NC(=O)C2(C)CCNCC2)CCC1. The van der Waals surface area contributed by atoms with Gasteiger partial charge >= 0.3 is 0 Å². The molecule has 0 radical (unpaired) electrons. The van der Waals surface area contributed by atoms with Crippen molar-refractivity contribution >= 4 is 5.91 Å². The molecule has 15 heavy (non-hydrogen) atoms. The lowest BCUT2D eigenvalue weighted by Crippen LogP contribution is -2.56. The van der Waals surface area contributed by atoms with Crippen molar-refractivity contribution < 1.29 is 4.79 Å². The summed E-state index contributed by atoms with van der Waals surface area (Å²) in [6, 6.07) is 0. The van der Waals surface area contributed by atoms with Gasteiger partial charge in [0, 0.05) is 11.0 Å². The highest BCUT2D eigenvalue weighted by Crippen LogP contribution is 2.34. The van der Waals surface area contributed by atoms with Gasteiger partial charge in [-0.15, -0.1) is 0 Å². The smallest absolute Gasteiger partial charge is 0.226 e. The van der Waals surface area contributed by atoms with Gasteiger partial charge < -0.3 is 10.6 Å². The molecule has 2 aliphatic rings. The molecule has 2 fully saturated rings. The third-order valence-corrected chi connectivity index (χ3v) is 4.13. The first kappa shape index (κ1) is 10.9. The fourth-order valence-electron chi connectivity index (χ4n) is 2.46. The number of nitrogens with one attached hydrogen (secondary N) is 2. The summed E-state index contributed by atoms with van der Waals surface area (Å²) < 4.78 is 0. The van der Waals surface area contributed by atoms with Crippen LogP contribution in [0.5, 0.6) is 0 Å². The van der Waals surface area contributed by atoms with Gasteiger partial charge in [-0.1, -0.05) is 6.92 Å². The van der Waals surface area contributed by atoms with Gasteiger partial charge in [-0.25, -0.2) is 0 Å². The van der Waals surface area contributed by atoms with E-state index in [9.17, 15) is 4.79 Å². The van der Waals surface area contributed by atoms with Crippen molar-refractivity contribution in [1.29, 1.82) is 0 Å². The Morgan fingerprint density at radius 1 is 1.13 bits per heavy atom. The Kier molecular flexibility index (Phi) is 2.75. The third-order valence-electron chi connectivity index (χ3n) is 4.13. The van der Waals surface area contributed by atoms with E-state index in [4.69, 9.17) is 0 Å². The zero-order valence-electron chi connectivity index (χ0n) is 9.86. The van der Waals surface area contributed by atoms with Gasteiger partial charge in [-0.05, 0) is 52.1 Å². The molecule has 1 saturated carbocycles. The van der Waals surface area contributed by atoms with E-state index < -0.39 is 0 Å². The van der Waals surface area contributed by atoms with E-state index in [0.717, 1.165) is 38.8 Å². The number of amides is 1. The molecule has 0 unspecified atom stereocenters. The Bertz CT molecular complexity index is 252. The number of rotatable bonds is 2. The molecule has 0 spiro atoms. The number of carbonyl (C=O) groups excluding carboxylic acids is 1. The van der Waals surface area contributed by atoms with Crippen molar-refractivity contribution in [3.63, 3.8) is 0 Å². The molecule has 2 N–H and O–H groups in total. The van der Waals surface area contributed by atoms with Gasteiger partial charge in [-0.2, -0.15) is 0 Å². The summed E-state index contributed by atoms with van der Waals surface area (Å²) in [4.78, 5) is 12.2. The highest BCUT2D eigenvalue weighted by molar-refractivity contribution is 5.83. The number of hydrogen-bond acceptors (Lipinski definition) is 2. The normalized spacial score (nSPS) is 27.9. The number of carbonyl (C=O) groups is 1. The van der Waals surface area contributed by atoms with E-state index in [1.54, 1.807) is 0 Å². The average molecular weight is 210 g/mol. The van der Waals surface area contributed by atoms with Crippen LogP contribution in [0, 0.1) is 5.41 Å². The zero-order chi connectivity index (χ0) is 10.9. The molecule has 1 aliphatic heterocycles. The maximum absolute atomic E-state index is 12.2. The lowest BCUT2D eigenvalue weighted by molar-refractivity contribution is -0.134. The molecule has 0 aromatic rings. The molecular formula is C12H22N2O. The van der Waals surface area contributed by atoms with Gasteiger partial charge in [0.25, 0.3) is 0 Å². The molecule has 2 rings (SSSR count). The standard InChI is InChI=1S/C12H22N2O/c1-11(6-8-13-9-7-11)10(15)14-12(2)4-3-5-12/h13H,3-9H2,1-2H3,(H,14,15). The van der Waals surface area contributed by atoms with Crippen LogP contribution in [0.2, 0.25) is 0 Å². The van der Waals surface area contributed by atoms with Crippen LogP contribution in [-0.2, 0) is 4.79 Å². The van der Waals surface area contributed by atoms with Crippen LogP contribution >= 0.6 is 0 Å². The Morgan fingerprint density at radius 2 is 1.73 bits per heavy atom. The molecule has 0 aromatic heterocycles. The van der Waals surface area contributed by atoms with Crippen LogP contribution in [-0.4, -0.2) is 24.5 Å². The number of hydrogen-bond donors (Lipinski definition) is 2. The molecule has 1 saturated heterocycles. The minimum absolute atomic E-state index is 0.102. The fourth-order valence-corrected chi connectivity index (χ4v) is 2.46. The molecule has 1 heterocycles. The molecule has 0 atom stereocenters. The second-order valence-electron chi connectivity index (χ2n) is 5.68. The van der Waals surface area contributed by atoms with E-state index in [1.807, 2.05) is 0 Å². The van der Waals surface area contributed by atoms with Crippen molar-refractivity contribution in [3.05, 3.63) is 0 Å². The molecule has 1 aliphatic carbocycles. The minimum atomic E-state index is -0.135. The molecule has 86 valence electrons. The van der Waals surface area contributed by atoms with Crippen LogP contribution in [0.1, 0.15) is 46.0 Å². The monoisotopic (exact) mass is 210 g/mol. The van der Waals surface area contributed by atoms with Gasteiger partial charge in [0.1, 0.15) is 0 Å². The van der Waals surface area contributed by atoms with Gasteiger partial charge in [0.15, 0.2) is 0 Å². The highest BCUT2D eigenvalue weighted by Gasteiger charge is 2.40. The number of piperidine rings is 1. The Morgan fingerprint density at radius 3 is 2.20 bits per heavy atom. The van der Waals surface area contributed by atoms with Crippen molar-refractivity contribution in [2.75, 3.05) is 13.1 Å². The summed E-state index contributed by atoms with van der Waals surface area (Å²) in [7, 11) is 0. The van der Waals surface area contributed by atoms with Crippen LogP contribution in [0.25, 0.3) is 0 Å². The topological polar surface area (TPSA) is 41.1 Å². The summed E-state index contributed by atoms with van der Waals surface area (Å²) in [5.74, 6) is 0.270. The van der Waals surface area contributed by atoms with E-state index in [0.29, 0.717) is 0 Å². The quantitative estimate of drug-likeness (QED) is 0.724. The largest absolute Gasteiger partial charge is 0.350 e. The first-order valence-corrected chi connectivity index (χ1v) is 6.08. The predicted molar refractivity (Wildman–Crippen MR) is 60.6 cm³/mol. The van der Waals surface area contributed by atoms with Crippen molar-refractivity contribution in [1.82, 2.24) is 10.6 Å². The maximum atomic E-state index is 12.2.